The van der Waals surface area contributed by atoms with Gasteiger partial charge in [-0.3, -0.25) is 0 Å². The molecule has 0 unspecified atom stereocenters. The number of aryl methyl sites for hydroxylation is 1. The fourth-order valence-electron chi connectivity index (χ4n) is 2.98. The molecule has 0 amide bonds. The lowest BCUT2D eigenvalue weighted by molar-refractivity contribution is 0.350. The molecule has 0 spiro atoms. The highest BCUT2D eigenvalue weighted by atomic mass is 16.5. The Morgan fingerprint density at radius 1 is 1.00 bits per heavy atom. The van der Waals surface area contributed by atoms with Crippen molar-refractivity contribution < 1.29 is 9.47 Å². The first-order valence-electron chi connectivity index (χ1n) is 6.65. The molecule has 0 saturated carbocycles. The predicted octanol–water partition coefficient (Wildman–Crippen LogP) is 3.84. The molecular formula is C17H18O2. The van der Waals surface area contributed by atoms with Gasteiger partial charge in [0.25, 0.3) is 0 Å². The normalized spacial score (nSPS) is 11.9. The van der Waals surface area contributed by atoms with Gasteiger partial charge in [-0.05, 0) is 34.7 Å². The summed E-state index contributed by atoms with van der Waals surface area (Å²) in [6, 6.07) is 10.8. The molecular weight excluding hydrogens is 236 g/mol. The molecule has 1 aliphatic carbocycles. The monoisotopic (exact) mass is 254 g/mol. The van der Waals surface area contributed by atoms with E-state index in [2.05, 4.69) is 37.3 Å². The van der Waals surface area contributed by atoms with Crippen molar-refractivity contribution in [2.45, 2.75) is 19.8 Å². The minimum atomic E-state index is 0.886. The van der Waals surface area contributed by atoms with Crippen LogP contribution in [0.2, 0.25) is 0 Å². The largest absolute Gasteiger partial charge is 0.493 e. The molecule has 0 N–H and O–H groups in total. The molecule has 2 aromatic carbocycles. The van der Waals surface area contributed by atoms with Crippen molar-refractivity contribution in [1.82, 2.24) is 0 Å². The van der Waals surface area contributed by atoms with Crippen molar-refractivity contribution >= 4 is 0 Å². The molecule has 0 saturated heterocycles. The van der Waals surface area contributed by atoms with Crippen LogP contribution >= 0.6 is 0 Å². The minimum absolute atomic E-state index is 0.886. The van der Waals surface area contributed by atoms with E-state index in [4.69, 9.17) is 9.47 Å². The van der Waals surface area contributed by atoms with Crippen molar-refractivity contribution in [3.63, 3.8) is 0 Å². The van der Waals surface area contributed by atoms with Crippen LogP contribution in [0.25, 0.3) is 11.1 Å². The van der Waals surface area contributed by atoms with Gasteiger partial charge in [0, 0.05) is 12.0 Å². The van der Waals surface area contributed by atoms with Crippen LogP contribution < -0.4 is 9.47 Å². The standard InChI is InChI=1S/C17H18O2/c1-4-11-9-14-13-8-6-5-7-12(13)10-15(14)17(19-3)16(11)18-2/h5-9H,4,10H2,1-3H3. The number of rotatable bonds is 3. The van der Waals surface area contributed by atoms with E-state index >= 15 is 0 Å². The third kappa shape index (κ3) is 1.71. The molecule has 0 bridgehead atoms. The number of hydrogen-bond donors (Lipinski definition) is 0. The molecule has 0 aliphatic heterocycles. The van der Waals surface area contributed by atoms with Crippen LogP contribution in [0.3, 0.4) is 0 Å². The molecule has 2 aromatic rings. The molecule has 3 rings (SSSR count). The van der Waals surface area contributed by atoms with E-state index in [0.29, 0.717) is 0 Å². The van der Waals surface area contributed by atoms with Crippen molar-refractivity contribution in [3.05, 3.63) is 47.0 Å². The Kier molecular flexibility index (Phi) is 2.94. The first-order chi connectivity index (χ1) is 9.30. The third-order valence-electron chi connectivity index (χ3n) is 3.88. The van der Waals surface area contributed by atoms with E-state index in [1.54, 1.807) is 14.2 Å². The second-order valence-electron chi connectivity index (χ2n) is 4.82. The summed E-state index contributed by atoms with van der Waals surface area (Å²) in [7, 11) is 3.44. The Morgan fingerprint density at radius 3 is 2.42 bits per heavy atom. The van der Waals surface area contributed by atoms with E-state index in [1.165, 1.54) is 27.8 Å². The van der Waals surface area contributed by atoms with Gasteiger partial charge in [-0.25, -0.2) is 0 Å². The van der Waals surface area contributed by atoms with Crippen LogP contribution in [0.15, 0.2) is 30.3 Å². The fourth-order valence-corrected chi connectivity index (χ4v) is 2.98. The summed E-state index contributed by atoms with van der Waals surface area (Å²) in [5.41, 5.74) is 6.44. The molecule has 2 heteroatoms. The van der Waals surface area contributed by atoms with Gasteiger partial charge in [-0.15, -0.1) is 0 Å². The zero-order valence-corrected chi connectivity index (χ0v) is 11.6. The summed E-state index contributed by atoms with van der Waals surface area (Å²) in [5.74, 6) is 1.78. The third-order valence-corrected chi connectivity index (χ3v) is 3.88. The van der Waals surface area contributed by atoms with Crippen LogP contribution in [0.1, 0.15) is 23.6 Å². The Morgan fingerprint density at radius 2 is 1.74 bits per heavy atom. The second kappa shape index (κ2) is 4.61. The second-order valence-corrected chi connectivity index (χ2v) is 4.82. The van der Waals surface area contributed by atoms with E-state index in [1.807, 2.05) is 0 Å². The molecule has 0 fully saturated rings. The highest BCUT2D eigenvalue weighted by Gasteiger charge is 2.26. The van der Waals surface area contributed by atoms with Gasteiger partial charge < -0.3 is 9.47 Å². The van der Waals surface area contributed by atoms with Gasteiger partial charge in [-0.1, -0.05) is 31.2 Å². The molecule has 0 radical (unpaired) electrons. The summed E-state index contributed by atoms with van der Waals surface area (Å²) < 4.78 is 11.2. The van der Waals surface area contributed by atoms with E-state index in [0.717, 1.165) is 24.3 Å². The smallest absolute Gasteiger partial charge is 0.165 e. The molecule has 98 valence electrons. The lowest BCUT2D eigenvalue weighted by Gasteiger charge is -2.16. The molecule has 0 atom stereocenters. The SMILES string of the molecule is CCc1cc2c(c(OC)c1OC)Cc1ccccc1-2. The Balaban J connectivity index is 2.29. The average molecular weight is 254 g/mol. The maximum atomic E-state index is 5.63. The summed E-state index contributed by atoms with van der Waals surface area (Å²) in [6.45, 7) is 2.14. The van der Waals surface area contributed by atoms with E-state index in [9.17, 15) is 0 Å². The quantitative estimate of drug-likeness (QED) is 0.707. The molecule has 0 heterocycles. The maximum Gasteiger partial charge on any atom is 0.165 e. The maximum absolute atomic E-state index is 5.63. The van der Waals surface area contributed by atoms with Crippen LogP contribution in [-0.4, -0.2) is 14.2 Å². The first kappa shape index (κ1) is 12.1. The van der Waals surface area contributed by atoms with Crippen molar-refractivity contribution in [1.29, 1.82) is 0 Å². The molecule has 0 aromatic heterocycles. The van der Waals surface area contributed by atoms with Crippen molar-refractivity contribution in [3.8, 4) is 22.6 Å². The molecule has 2 nitrogen and oxygen atoms in total. The summed E-state index contributed by atoms with van der Waals surface area (Å²) >= 11 is 0. The first-order valence-corrected chi connectivity index (χ1v) is 6.65. The lowest BCUT2D eigenvalue weighted by atomic mass is 9.99. The van der Waals surface area contributed by atoms with Gasteiger partial charge in [0.15, 0.2) is 11.5 Å². The summed E-state index contributed by atoms with van der Waals surface area (Å²) in [6.07, 6.45) is 1.87. The number of benzene rings is 2. The van der Waals surface area contributed by atoms with Gasteiger partial charge in [0.2, 0.25) is 0 Å². The van der Waals surface area contributed by atoms with Gasteiger partial charge in [0.05, 0.1) is 14.2 Å². The predicted molar refractivity (Wildman–Crippen MR) is 77.2 cm³/mol. The van der Waals surface area contributed by atoms with Crippen molar-refractivity contribution in [2.75, 3.05) is 14.2 Å². The lowest BCUT2D eigenvalue weighted by Crippen LogP contribution is -1.99. The van der Waals surface area contributed by atoms with Crippen LogP contribution in [0.4, 0.5) is 0 Å². The summed E-state index contributed by atoms with van der Waals surface area (Å²) in [4.78, 5) is 0. The van der Waals surface area contributed by atoms with Crippen LogP contribution in [-0.2, 0) is 12.8 Å². The Bertz CT molecular complexity index is 629. The van der Waals surface area contributed by atoms with Gasteiger partial charge in [-0.2, -0.15) is 0 Å². The van der Waals surface area contributed by atoms with Gasteiger partial charge >= 0.3 is 0 Å². The minimum Gasteiger partial charge on any atom is -0.493 e. The number of ether oxygens (including phenoxy) is 2. The summed E-state index contributed by atoms with van der Waals surface area (Å²) in [5, 5.41) is 0. The number of hydrogen-bond acceptors (Lipinski definition) is 2. The van der Waals surface area contributed by atoms with E-state index in [-0.39, 0.29) is 0 Å². The highest BCUT2D eigenvalue weighted by Crippen LogP contribution is 2.47. The number of fused-ring (bicyclic) bond motifs is 3. The number of methoxy groups -OCH3 is 2. The zero-order chi connectivity index (χ0) is 13.4. The van der Waals surface area contributed by atoms with Crippen LogP contribution in [0.5, 0.6) is 11.5 Å². The van der Waals surface area contributed by atoms with E-state index < -0.39 is 0 Å². The van der Waals surface area contributed by atoms with Gasteiger partial charge in [0.1, 0.15) is 0 Å². The van der Waals surface area contributed by atoms with Crippen molar-refractivity contribution in [2.24, 2.45) is 0 Å². The fraction of sp³-hybridized carbons (Fsp3) is 0.294. The average Bonchev–Trinajstić information content (AvgIpc) is 2.83. The Hall–Kier alpha value is -1.96. The Labute approximate surface area is 114 Å². The highest BCUT2D eigenvalue weighted by molar-refractivity contribution is 5.81. The zero-order valence-electron chi connectivity index (χ0n) is 11.6. The molecule has 1 aliphatic rings. The van der Waals surface area contributed by atoms with Crippen LogP contribution in [0, 0.1) is 0 Å². The topological polar surface area (TPSA) is 18.5 Å². The molecule has 19 heavy (non-hydrogen) atoms.